The van der Waals surface area contributed by atoms with Crippen LogP contribution in [-0.4, -0.2) is 71.7 Å². The van der Waals surface area contributed by atoms with Gasteiger partial charge in [-0.25, -0.2) is 9.78 Å². The number of carbonyl (C=O) groups is 2. The number of oxazole rings is 1. The predicted molar refractivity (Wildman–Crippen MR) is 106 cm³/mol. The van der Waals surface area contributed by atoms with Crippen LogP contribution in [0.5, 0.6) is 0 Å². The van der Waals surface area contributed by atoms with Crippen molar-refractivity contribution in [1.82, 2.24) is 20.1 Å². The number of aromatic nitrogens is 1. The Balaban J connectivity index is 1.26. The van der Waals surface area contributed by atoms with E-state index in [9.17, 15) is 9.59 Å². The van der Waals surface area contributed by atoms with Crippen LogP contribution >= 0.6 is 0 Å². The summed E-state index contributed by atoms with van der Waals surface area (Å²) in [5.74, 6) is 2.11. The van der Waals surface area contributed by atoms with Crippen LogP contribution in [0.1, 0.15) is 51.7 Å². The molecule has 0 radical (unpaired) electrons. The van der Waals surface area contributed by atoms with Gasteiger partial charge in [-0.2, -0.15) is 0 Å². The number of nitrogens with one attached hydrogen (secondary N) is 1. The molecule has 1 aromatic rings. The Morgan fingerprint density at radius 1 is 1.21 bits per heavy atom. The summed E-state index contributed by atoms with van der Waals surface area (Å²) in [5.41, 5.74) is -0.0304. The van der Waals surface area contributed by atoms with Crippen molar-refractivity contribution in [3.05, 3.63) is 17.8 Å². The summed E-state index contributed by atoms with van der Waals surface area (Å²) in [4.78, 5) is 32.8. The summed E-state index contributed by atoms with van der Waals surface area (Å²) in [6.45, 7) is 9.21. The Hall–Kier alpha value is -2.09. The Morgan fingerprint density at radius 2 is 1.93 bits per heavy atom. The second-order valence-electron chi connectivity index (χ2n) is 9.54. The lowest BCUT2D eigenvalue weighted by atomic mass is 9.93. The van der Waals surface area contributed by atoms with Crippen LogP contribution in [0.4, 0.5) is 4.79 Å². The highest BCUT2D eigenvalue weighted by Crippen LogP contribution is 2.27. The average Bonchev–Trinajstić information content (AvgIpc) is 3.16. The molecule has 8 nitrogen and oxygen atoms in total. The first-order valence-electron chi connectivity index (χ1n) is 10.7. The molecule has 0 unspecified atom stereocenters. The maximum absolute atomic E-state index is 13.0. The number of piperidine rings is 2. The van der Waals surface area contributed by atoms with Gasteiger partial charge in [-0.15, -0.1) is 0 Å². The third-order valence-corrected chi connectivity index (χ3v) is 6.24. The average molecular weight is 405 g/mol. The van der Waals surface area contributed by atoms with E-state index in [-0.39, 0.29) is 36.1 Å². The Labute approximate surface area is 172 Å². The standard InChI is InChI=1S/C21H32N4O4/c1-21(2,3)17-11-22-19(29-17)10-14-4-7-24(8-5-14)20(27)25-9-6-16-15(12-25)23-18(26)13-28-16/h11,14-16H,4-10,12-13H2,1-3H3,(H,23,26)/t15-,16+/m1/s1. The first-order chi connectivity index (χ1) is 13.8. The van der Waals surface area contributed by atoms with Gasteiger partial charge in [0.05, 0.1) is 18.3 Å². The van der Waals surface area contributed by atoms with Crippen molar-refractivity contribution >= 4 is 11.9 Å². The van der Waals surface area contributed by atoms with Crippen molar-refractivity contribution in [2.75, 3.05) is 32.8 Å². The van der Waals surface area contributed by atoms with Gasteiger partial charge in [-0.1, -0.05) is 20.8 Å². The molecule has 1 N–H and O–H groups in total. The molecule has 2 atom stereocenters. The summed E-state index contributed by atoms with van der Waals surface area (Å²) in [5, 5.41) is 2.96. The molecule has 0 saturated carbocycles. The van der Waals surface area contributed by atoms with E-state index in [1.54, 1.807) is 0 Å². The molecule has 8 heteroatoms. The zero-order chi connectivity index (χ0) is 20.6. The third kappa shape index (κ3) is 4.57. The summed E-state index contributed by atoms with van der Waals surface area (Å²) < 4.78 is 11.5. The third-order valence-electron chi connectivity index (χ3n) is 6.24. The van der Waals surface area contributed by atoms with E-state index in [4.69, 9.17) is 9.15 Å². The topological polar surface area (TPSA) is 87.9 Å². The molecule has 160 valence electrons. The van der Waals surface area contributed by atoms with E-state index in [1.807, 2.05) is 16.0 Å². The van der Waals surface area contributed by atoms with Gasteiger partial charge in [0.1, 0.15) is 12.4 Å². The highest BCUT2D eigenvalue weighted by atomic mass is 16.5. The normalized spacial score (nSPS) is 26.2. The molecule has 0 aliphatic carbocycles. The number of nitrogens with zero attached hydrogens (tertiary/aromatic N) is 3. The van der Waals surface area contributed by atoms with Gasteiger partial charge in [-0.05, 0) is 25.2 Å². The number of rotatable bonds is 2. The van der Waals surface area contributed by atoms with Crippen LogP contribution < -0.4 is 5.32 Å². The lowest BCUT2D eigenvalue weighted by Gasteiger charge is -2.43. The van der Waals surface area contributed by atoms with Gasteiger partial charge >= 0.3 is 6.03 Å². The zero-order valence-electron chi connectivity index (χ0n) is 17.6. The van der Waals surface area contributed by atoms with E-state index in [0.717, 1.165) is 50.4 Å². The fraction of sp³-hybridized carbons (Fsp3) is 0.762. The SMILES string of the molecule is CC(C)(C)c1cnc(CC2CCN(C(=O)N3CC[C@@H]4OCC(=O)N[C@@H]4C3)CC2)o1. The van der Waals surface area contributed by atoms with E-state index in [1.165, 1.54) is 0 Å². The van der Waals surface area contributed by atoms with Crippen molar-refractivity contribution in [1.29, 1.82) is 0 Å². The summed E-state index contributed by atoms with van der Waals surface area (Å²) >= 11 is 0. The summed E-state index contributed by atoms with van der Waals surface area (Å²) in [7, 11) is 0. The molecule has 4 rings (SSSR count). The van der Waals surface area contributed by atoms with Crippen LogP contribution in [0.15, 0.2) is 10.6 Å². The summed E-state index contributed by atoms with van der Waals surface area (Å²) in [6.07, 6.45) is 5.38. The molecule has 3 saturated heterocycles. The quantitative estimate of drug-likeness (QED) is 0.814. The number of likely N-dealkylation sites (tertiary alicyclic amines) is 2. The van der Waals surface area contributed by atoms with E-state index in [0.29, 0.717) is 19.0 Å². The number of hydrogen-bond donors (Lipinski definition) is 1. The summed E-state index contributed by atoms with van der Waals surface area (Å²) in [6, 6.07) is -0.0126. The van der Waals surface area contributed by atoms with Crippen molar-refractivity contribution in [3.8, 4) is 0 Å². The molecule has 1 aromatic heterocycles. The molecule has 0 aromatic carbocycles. The maximum atomic E-state index is 13.0. The molecule has 0 bridgehead atoms. The van der Waals surface area contributed by atoms with Gasteiger partial charge < -0.3 is 24.3 Å². The van der Waals surface area contributed by atoms with Crippen LogP contribution in [0.2, 0.25) is 0 Å². The van der Waals surface area contributed by atoms with Crippen molar-refractivity contribution in [3.63, 3.8) is 0 Å². The van der Waals surface area contributed by atoms with Crippen molar-refractivity contribution in [2.45, 2.75) is 64.0 Å². The second kappa shape index (κ2) is 7.97. The highest BCUT2D eigenvalue weighted by molar-refractivity contribution is 5.79. The molecular formula is C21H32N4O4. The number of carbonyl (C=O) groups excluding carboxylic acids is 2. The monoisotopic (exact) mass is 404 g/mol. The lowest BCUT2D eigenvalue weighted by molar-refractivity contribution is -0.139. The number of hydrogen-bond acceptors (Lipinski definition) is 5. The smallest absolute Gasteiger partial charge is 0.320 e. The van der Waals surface area contributed by atoms with Gasteiger partial charge in [0.2, 0.25) is 5.91 Å². The van der Waals surface area contributed by atoms with Gasteiger partial charge in [0.25, 0.3) is 0 Å². The molecule has 3 aliphatic rings. The molecular weight excluding hydrogens is 372 g/mol. The Morgan fingerprint density at radius 3 is 2.62 bits per heavy atom. The molecule has 29 heavy (non-hydrogen) atoms. The Bertz CT molecular complexity index is 748. The molecule has 0 spiro atoms. The van der Waals surface area contributed by atoms with Crippen molar-refractivity contribution < 1.29 is 18.7 Å². The molecule has 3 amide bonds. The van der Waals surface area contributed by atoms with E-state index < -0.39 is 0 Å². The predicted octanol–water partition coefficient (Wildman–Crippen LogP) is 1.94. The van der Waals surface area contributed by atoms with E-state index in [2.05, 4.69) is 31.1 Å². The largest absolute Gasteiger partial charge is 0.445 e. The van der Waals surface area contributed by atoms with Gasteiger partial charge in [0, 0.05) is 38.0 Å². The second-order valence-corrected chi connectivity index (χ2v) is 9.54. The minimum Gasteiger partial charge on any atom is -0.445 e. The number of amides is 3. The first kappa shape index (κ1) is 20.2. The van der Waals surface area contributed by atoms with Gasteiger partial charge in [-0.3, -0.25) is 4.79 Å². The lowest BCUT2D eigenvalue weighted by Crippen LogP contribution is -2.62. The fourth-order valence-electron chi connectivity index (χ4n) is 4.40. The zero-order valence-corrected chi connectivity index (χ0v) is 17.6. The molecule has 4 heterocycles. The highest BCUT2D eigenvalue weighted by Gasteiger charge is 2.38. The number of ether oxygens (including phenoxy) is 1. The maximum Gasteiger partial charge on any atom is 0.320 e. The van der Waals surface area contributed by atoms with Crippen LogP contribution in [0.3, 0.4) is 0 Å². The van der Waals surface area contributed by atoms with Crippen LogP contribution in [-0.2, 0) is 21.4 Å². The minimum absolute atomic E-state index is 0.0290. The van der Waals surface area contributed by atoms with E-state index >= 15 is 0 Å². The van der Waals surface area contributed by atoms with Crippen LogP contribution in [0.25, 0.3) is 0 Å². The van der Waals surface area contributed by atoms with Gasteiger partial charge in [0.15, 0.2) is 5.89 Å². The number of fused-ring (bicyclic) bond motifs is 1. The first-order valence-corrected chi connectivity index (χ1v) is 10.7. The number of morpholine rings is 1. The number of urea groups is 1. The van der Waals surface area contributed by atoms with Crippen molar-refractivity contribution in [2.24, 2.45) is 5.92 Å². The fourth-order valence-corrected chi connectivity index (χ4v) is 4.40. The Kier molecular flexibility index (Phi) is 5.55. The molecule has 3 fully saturated rings. The minimum atomic E-state index is -0.0949. The molecule has 3 aliphatic heterocycles. The van der Waals surface area contributed by atoms with Crippen LogP contribution in [0, 0.1) is 5.92 Å².